The molecule has 0 bridgehead atoms. The Morgan fingerprint density at radius 1 is 0.939 bits per heavy atom. The number of carbonyl (C=O) groups excluding carboxylic acids is 2. The van der Waals surface area contributed by atoms with E-state index in [1.807, 2.05) is 0 Å². The first kappa shape index (κ1) is 23.2. The number of rotatable bonds is 6. The maximum absolute atomic E-state index is 13.4. The van der Waals surface area contributed by atoms with Crippen LogP contribution < -0.4 is 10.6 Å². The number of hydrogen-bond donors (Lipinski definition) is 2. The minimum absolute atomic E-state index is 0.0103. The van der Waals surface area contributed by atoms with Gasteiger partial charge in [0, 0.05) is 38.4 Å². The number of amides is 3. The van der Waals surface area contributed by atoms with Gasteiger partial charge in [-0.3, -0.25) is 9.69 Å². The highest BCUT2D eigenvalue weighted by Gasteiger charge is 2.37. The lowest BCUT2D eigenvalue weighted by molar-refractivity contribution is -0.129. The zero-order valence-corrected chi connectivity index (χ0v) is 18.6. The molecule has 0 unspecified atom stereocenters. The van der Waals surface area contributed by atoms with Gasteiger partial charge in [0.05, 0.1) is 6.04 Å². The zero-order valence-electron chi connectivity index (χ0n) is 18.6. The molecule has 176 valence electrons. The SMILES string of the molecule is O=C(NCc1ccc(F)cc1)[C@@H](C1CCCC1)N1CCN(C(=O)Nc2cccc(F)c2)CC1. The first-order valence-corrected chi connectivity index (χ1v) is 11.6. The van der Waals surface area contributed by atoms with Gasteiger partial charge in [0.1, 0.15) is 11.6 Å². The van der Waals surface area contributed by atoms with Gasteiger partial charge in [-0.2, -0.15) is 0 Å². The van der Waals surface area contributed by atoms with E-state index < -0.39 is 5.82 Å². The van der Waals surface area contributed by atoms with Crippen LogP contribution in [-0.4, -0.2) is 54.0 Å². The number of piperazine rings is 1. The molecular weight excluding hydrogens is 426 g/mol. The Morgan fingerprint density at radius 2 is 1.64 bits per heavy atom. The number of nitrogens with zero attached hydrogens (tertiary/aromatic N) is 2. The molecule has 2 aromatic rings. The van der Waals surface area contributed by atoms with Crippen molar-refractivity contribution >= 4 is 17.6 Å². The van der Waals surface area contributed by atoms with Crippen LogP contribution in [0, 0.1) is 17.6 Å². The Kier molecular flexibility index (Phi) is 7.54. The summed E-state index contributed by atoms with van der Waals surface area (Å²) in [6, 6.07) is 11.5. The van der Waals surface area contributed by atoms with E-state index in [0.29, 0.717) is 44.3 Å². The topological polar surface area (TPSA) is 64.7 Å². The number of anilines is 1. The molecule has 0 radical (unpaired) electrons. The van der Waals surface area contributed by atoms with E-state index in [1.54, 1.807) is 29.2 Å². The van der Waals surface area contributed by atoms with Gasteiger partial charge in [-0.05, 0) is 54.7 Å². The molecule has 8 heteroatoms. The van der Waals surface area contributed by atoms with E-state index in [1.165, 1.54) is 24.3 Å². The van der Waals surface area contributed by atoms with E-state index in [9.17, 15) is 18.4 Å². The Hall–Kier alpha value is -3.00. The van der Waals surface area contributed by atoms with Crippen LogP contribution in [0.4, 0.5) is 19.3 Å². The fourth-order valence-corrected chi connectivity index (χ4v) is 4.82. The standard InChI is InChI=1S/C25H30F2N4O2/c26-20-10-8-18(9-11-20)17-28-24(32)23(19-4-1-2-5-19)30-12-14-31(15-13-30)25(33)29-22-7-3-6-21(27)16-22/h3,6-11,16,19,23H,1-2,4-5,12-15,17H2,(H,28,32)(H,29,33)/t23-/m1/s1. The van der Waals surface area contributed by atoms with Crippen molar-refractivity contribution < 1.29 is 18.4 Å². The van der Waals surface area contributed by atoms with Crippen molar-refractivity contribution in [3.05, 3.63) is 65.7 Å². The first-order chi connectivity index (χ1) is 16.0. The van der Waals surface area contributed by atoms with Crippen LogP contribution >= 0.6 is 0 Å². The lowest BCUT2D eigenvalue weighted by Gasteiger charge is -2.40. The van der Waals surface area contributed by atoms with Crippen molar-refractivity contribution in [1.82, 2.24) is 15.1 Å². The van der Waals surface area contributed by atoms with E-state index in [2.05, 4.69) is 15.5 Å². The molecule has 1 atom stereocenters. The van der Waals surface area contributed by atoms with Gasteiger partial charge in [-0.25, -0.2) is 13.6 Å². The van der Waals surface area contributed by atoms with E-state index >= 15 is 0 Å². The third-order valence-electron chi connectivity index (χ3n) is 6.57. The van der Waals surface area contributed by atoms with Crippen LogP contribution in [0.5, 0.6) is 0 Å². The average Bonchev–Trinajstić information content (AvgIpc) is 3.34. The molecule has 1 saturated carbocycles. The van der Waals surface area contributed by atoms with Crippen LogP contribution in [0.15, 0.2) is 48.5 Å². The van der Waals surface area contributed by atoms with Crippen molar-refractivity contribution in [2.45, 2.75) is 38.3 Å². The number of hydrogen-bond acceptors (Lipinski definition) is 3. The third-order valence-corrected chi connectivity index (χ3v) is 6.57. The molecule has 2 fully saturated rings. The number of urea groups is 1. The van der Waals surface area contributed by atoms with Gasteiger partial charge in [-0.1, -0.05) is 31.0 Å². The molecule has 3 amide bonds. The second-order valence-electron chi connectivity index (χ2n) is 8.80. The minimum atomic E-state index is -0.399. The van der Waals surface area contributed by atoms with E-state index in [0.717, 1.165) is 31.2 Å². The van der Waals surface area contributed by atoms with Crippen molar-refractivity contribution in [3.8, 4) is 0 Å². The second-order valence-corrected chi connectivity index (χ2v) is 8.80. The number of carbonyl (C=O) groups is 2. The molecule has 6 nitrogen and oxygen atoms in total. The molecule has 1 heterocycles. The average molecular weight is 457 g/mol. The van der Waals surface area contributed by atoms with Gasteiger partial charge in [0.15, 0.2) is 0 Å². The van der Waals surface area contributed by atoms with Crippen molar-refractivity contribution in [3.63, 3.8) is 0 Å². The molecule has 33 heavy (non-hydrogen) atoms. The molecule has 2 aliphatic rings. The summed E-state index contributed by atoms with van der Waals surface area (Å²) < 4.78 is 26.5. The maximum Gasteiger partial charge on any atom is 0.321 e. The highest BCUT2D eigenvalue weighted by molar-refractivity contribution is 5.89. The quantitative estimate of drug-likeness (QED) is 0.691. The van der Waals surface area contributed by atoms with E-state index in [-0.39, 0.29) is 23.8 Å². The molecule has 0 spiro atoms. The van der Waals surface area contributed by atoms with Crippen LogP contribution in [0.25, 0.3) is 0 Å². The number of nitrogens with one attached hydrogen (secondary N) is 2. The summed E-state index contributed by atoms with van der Waals surface area (Å²) in [7, 11) is 0. The van der Waals surface area contributed by atoms with Crippen LogP contribution in [0.2, 0.25) is 0 Å². The summed E-state index contributed by atoms with van der Waals surface area (Å²) in [5, 5.41) is 5.77. The number of halogens is 2. The van der Waals surface area contributed by atoms with Crippen molar-refractivity contribution in [2.75, 3.05) is 31.5 Å². The first-order valence-electron chi connectivity index (χ1n) is 11.6. The number of benzene rings is 2. The van der Waals surface area contributed by atoms with Crippen LogP contribution in [0.1, 0.15) is 31.2 Å². The highest BCUT2D eigenvalue weighted by Crippen LogP contribution is 2.31. The maximum atomic E-state index is 13.4. The summed E-state index contributed by atoms with van der Waals surface area (Å²) in [5.41, 5.74) is 1.28. The van der Waals surface area contributed by atoms with Gasteiger partial charge in [0.25, 0.3) is 0 Å². The lowest BCUT2D eigenvalue weighted by Crippen LogP contribution is -2.58. The summed E-state index contributed by atoms with van der Waals surface area (Å²) in [4.78, 5) is 29.7. The summed E-state index contributed by atoms with van der Waals surface area (Å²) in [6.45, 7) is 2.55. The Labute approximate surface area is 192 Å². The minimum Gasteiger partial charge on any atom is -0.351 e. The smallest absolute Gasteiger partial charge is 0.321 e. The molecular formula is C25H30F2N4O2. The zero-order chi connectivity index (χ0) is 23.2. The summed E-state index contributed by atoms with van der Waals surface area (Å²) in [5.74, 6) is -0.410. The monoisotopic (exact) mass is 456 g/mol. The highest BCUT2D eigenvalue weighted by atomic mass is 19.1. The Morgan fingerprint density at radius 3 is 2.30 bits per heavy atom. The Balaban J connectivity index is 1.34. The van der Waals surface area contributed by atoms with Gasteiger partial charge in [-0.15, -0.1) is 0 Å². The molecule has 2 N–H and O–H groups in total. The van der Waals surface area contributed by atoms with E-state index in [4.69, 9.17) is 0 Å². The molecule has 1 aliphatic heterocycles. The van der Waals surface area contributed by atoms with Gasteiger partial charge >= 0.3 is 6.03 Å². The van der Waals surface area contributed by atoms with Crippen molar-refractivity contribution in [1.29, 1.82) is 0 Å². The van der Waals surface area contributed by atoms with Gasteiger partial charge < -0.3 is 15.5 Å². The lowest BCUT2D eigenvalue weighted by atomic mass is 9.95. The fraction of sp³-hybridized carbons (Fsp3) is 0.440. The van der Waals surface area contributed by atoms with Crippen molar-refractivity contribution in [2.24, 2.45) is 5.92 Å². The molecule has 2 aromatic carbocycles. The second kappa shape index (κ2) is 10.7. The largest absolute Gasteiger partial charge is 0.351 e. The van der Waals surface area contributed by atoms with Gasteiger partial charge in [0.2, 0.25) is 5.91 Å². The normalized spacial score (nSPS) is 18.2. The van der Waals surface area contributed by atoms with Crippen LogP contribution in [-0.2, 0) is 11.3 Å². The molecule has 1 aliphatic carbocycles. The fourth-order valence-electron chi connectivity index (χ4n) is 4.82. The summed E-state index contributed by atoms with van der Waals surface area (Å²) in [6.07, 6.45) is 4.30. The molecule has 0 aromatic heterocycles. The predicted octanol–water partition coefficient (Wildman–Crippen LogP) is 3.99. The Bertz CT molecular complexity index is 955. The summed E-state index contributed by atoms with van der Waals surface area (Å²) >= 11 is 0. The third kappa shape index (κ3) is 6.07. The van der Waals surface area contributed by atoms with Crippen LogP contribution in [0.3, 0.4) is 0 Å². The predicted molar refractivity (Wildman–Crippen MR) is 123 cm³/mol. The molecule has 1 saturated heterocycles. The molecule has 4 rings (SSSR count).